The second kappa shape index (κ2) is 8.28. The molecule has 116 valence electrons. The molecule has 0 unspecified atom stereocenters. The van der Waals surface area contributed by atoms with Crippen LogP contribution in [-0.4, -0.2) is 23.5 Å². The summed E-state index contributed by atoms with van der Waals surface area (Å²) in [5.74, 6) is -0.0433. The minimum Gasteiger partial charge on any atom is -0.481 e. The van der Waals surface area contributed by atoms with Gasteiger partial charge in [0.2, 0.25) is 5.91 Å². The van der Waals surface area contributed by atoms with Gasteiger partial charge in [-0.1, -0.05) is 26.7 Å². The Hall–Kier alpha value is -1.06. The molecule has 0 atom stereocenters. The molecule has 0 aliphatic heterocycles. The van der Waals surface area contributed by atoms with Crippen LogP contribution >= 0.6 is 0 Å². The maximum atomic E-state index is 11.8. The van der Waals surface area contributed by atoms with Crippen molar-refractivity contribution in [1.29, 1.82) is 0 Å². The minimum atomic E-state index is -0.785. The Bertz CT molecular complexity index is 320. The van der Waals surface area contributed by atoms with Crippen LogP contribution in [0.3, 0.4) is 0 Å². The molecular formula is C16H29NO3. The highest BCUT2D eigenvalue weighted by molar-refractivity contribution is 5.76. The van der Waals surface area contributed by atoms with Crippen LogP contribution in [0.4, 0.5) is 0 Å². The molecule has 0 spiro atoms. The van der Waals surface area contributed by atoms with E-state index < -0.39 is 5.97 Å². The van der Waals surface area contributed by atoms with Crippen molar-refractivity contribution >= 4 is 11.9 Å². The summed E-state index contributed by atoms with van der Waals surface area (Å²) in [7, 11) is 0. The first kappa shape index (κ1) is 17.0. The van der Waals surface area contributed by atoms with Gasteiger partial charge in [0, 0.05) is 19.4 Å². The third-order valence-corrected chi connectivity index (χ3v) is 4.21. The summed E-state index contributed by atoms with van der Waals surface area (Å²) in [5, 5.41) is 11.6. The molecule has 1 aliphatic carbocycles. The maximum Gasteiger partial charge on any atom is 0.303 e. The minimum absolute atomic E-state index is 0.0745. The molecule has 0 aromatic carbocycles. The smallest absolute Gasteiger partial charge is 0.303 e. The van der Waals surface area contributed by atoms with Crippen LogP contribution in [0.15, 0.2) is 0 Å². The first-order chi connectivity index (χ1) is 9.43. The van der Waals surface area contributed by atoms with Crippen molar-refractivity contribution < 1.29 is 14.7 Å². The molecule has 1 fully saturated rings. The molecule has 0 heterocycles. The van der Waals surface area contributed by atoms with Crippen molar-refractivity contribution in [2.45, 2.75) is 71.6 Å². The quantitative estimate of drug-likeness (QED) is 0.638. The molecule has 4 nitrogen and oxygen atoms in total. The van der Waals surface area contributed by atoms with E-state index in [1.54, 1.807) is 0 Å². The van der Waals surface area contributed by atoms with Crippen LogP contribution in [0.2, 0.25) is 0 Å². The van der Waals surface area contributed by atoms with E-state index in [0.29, 0.717) is 30.6 Å². The summed E-state index contributed by atoms with van der Waals surface area (Å²) >= 11 is 0. The molecule has 0 aromatic rings. The lowest BCUT2D eigenvalue weighted by Gasteiger charge is -2.31. The van der Waals surface area contributed by atoms with Gasteiger partial charge in [0.1, 0.15) is 0 Å². The Morgan fingerprint density at radius 1 is 1.15 bits per heavy atom. The van der Waals surface area contributed by atoms with E-state index in [9.17, 15) is 9.59 Å². The Balaban J connectivity index is 2.25. The second-order valence-corrected chi connectivity index (χ2v) is 6.68. The molecule has 1 amide bonds. The SMILES string of the molecule is CC(C)CC1(CNC(=O)CCCCC(=O)O)CCCC1. The Kier molecular flexibility index (Phi) is 7.03. The van der Waals surface area contributed by atoms with E-state index in [1.165, 1.54) is 32.1 Å². The van der Waals surface area contributed by atoms with Gasteiger partial charge in [-0.25, -0.2) is 0 Å². The standard InChI is InChI=1S/C16H29NO3/c1-13(2)11-16(9-5-6-10-16)12-17-14(18)7-3-4-8-15(19)20/h13H,3-12H2,1-2H3,(H,17,18)(H,19,20). The number of hydrogen-bond donors (Lipinski definition) is 2. The Morgan fingerprint density at radius 3 is 2.30 bits per heavy atom. The van der Waals surface area contributed by atoms with Gasteiger partial charge in [0.25, 0.3) is 0 Å². The highest BCUT2D eigenvalue weighted by Gasteiger charge is 2.34. The van der Waals surface area contributed by atoms with Gasteiger partial charge in [-0.3, -0.25) is 9.59 Å². The first-order valence-electron chi connectivity index (χ1n) is 7.92. The monoisotopic (exact) mass is 283 g/mol. The van der Waals surface area contributed by atoms with Crippen molar-refractivity contribution in [3.05, 3.63) is 0 Å². The zero-order valence-corrected chi connectivity index (χ0v) is 12.9. The third-order valence-electron chi connectivity index (χ3n) is 4.21. The molecule has 0 radical (unpaired) electrons. The van der Waals surface area contributed by atoms with Crippen molar-refractivity contribution in [2.24, 2.45) is 11.3 Å². The van der Waals surface area contributed by atoms with Crippen LogP contribution in [0.5, 0.6) is 0 Å². The van der Waals surface area contributed by atoms with Gasteiger partial charge in [-0.05, 0) is 43.4 Å². The molecule has 0 aromatic heterocycles. The zero-order chi connectivity index (χ0) is 15.0. The number of rotatable bonds is 9. The summed E-state index contributed by atoms with van der Waals surface area (Å²) in [4.78, 5) is 22.2. The fourth-order valence-electron chi connectivity index (χ4n) is 3.38. The van der Waals surface area contributed by atoms with Crippen LogP contribution < -0.4 is 5.32 Å². The summed E-state index contributed by atoms with van der Waals surface area (Å²) in [6.45, 7) is 5.28. The van der Waals surface area contributed by atoms with Crippen LogP contribution in [0, 0.1) is 11.3 Å². The average Bonchev–Trinajstić information content (AvgIpc) is 2.80. The molecule has 4 heteroatoms. The number of hydrogen-bond acceptors (Lipinski definition) is 2. The van der Waals surface area contributed by atoms with Crippen LogP contribution in [0.1, 0.15) is 71.6 Å². The number of nitrogens with one attached hydrogen (secondary N) is 1. The number of carboxylic acid groups (broad SMARTS) is 1. The molecule has 1 rings (SSSR count). The predicted molar refractivity (Wildman–Crippen MR) is 79.5 cm³/mol. The van der Waals surface area contributed by atoms with E-state index in [4.69, 9.17) is 5.11 Å². The number of aliphatic carboxylic acids is 1. The largest absolute Gasteiger partial charge is 0.481 e. The fourth-order valence-corrected chi connectivity index (χ4v) is 3.38. The summed E-state index contributed by atoms with van der Waals surface area (Å²) in [6, 6.07) is 0. The van der Waals surface area contributed by atoms with E-state index >= 15 is 0 Å². The van der Waals surface area contributed by atoms with E-state index in [1.807, 2.05) is 0 Å². The summed E-state index contributed by atoms with van der Waals surface area (Å²) in [5.41, 5.74) is 0.310. The number of carbonyl (C=O) groups excluding carboxylic acids is 1. The third kappa shape index (κ3) is 6.40. The lowest BCUT2D eigenvalue weighted by atomic mass is 9.78. The summed E-state index contributed by atoms with van der Waals surface area (Å²) in [6.07, 6.45) is 8.05. The van der Waals surface area contributed by atoms with Gasteiger partial charge in [-0.2, -0.15) is 0 Å². The second-order valence-electron chi connectivity index (χ2n) is 6.68. The van der Waals surface area contributed by atoms with E-state index in [2.05, 4.69) is 19.2 Å². The van der Waals surface area contributed by atoms with E-state index in [-0.39, 0.29) is 12.3 Å². The van der Waals surface area contributed by atoms with Gasteiger partial charge >= 0.3 is 5.97 Å². The van der Waals surface area contributed by atoms with Crippen LogP contribution in [0.25, 0.3) is 0 Å². The highest BCUT2D eigenvalue weighted by atomic mass is 16.4. The Morgan fingerprint density at radius 2 is 1.75 bits per heavy atom. The molecule has 0 saturated heterocycles. The molecule has 0 bridgehead atoms. The number of carbonyl (C=O) groups is 2. The van der Waals surface area contributed by atoms with Gasteiger partial charge in [0.15, 0.2) is 0 Å². The normalized spacial score (nSPS) is 17.4. The average molecular weight is 283 g/mol. The van der Waals surface area contributed by atoms with Crippen molar-refractivity contribution in [3.63, 3.8) is 0 Å². The van der Waals surface area contributed by atoms with Crippen molar-refractivity contribution in [2.75, 3.05) is 6.54 Å². The number of amides is 1. The molecule has 1 aliphatic rings. The number of carboxylic acids is 1. The van der Waals surface area contributed by atoms with Crippen molar-refractivity contribution in [3.8, 4) is 0 Å². The molecule has 1 saturated carbocycles. The Labute approximate surface area is 122 Å². The van der Waals surface area contributed by atoms with E-state index in [0.717, 1.165) is 6.54 Å². The van der Waals surface area contributed by atoms with Gasteiger partial charge in [0.05, 0.1) is 0 Å². The molecule has 2 N–H and O–H groups in total. The maximum absolute atomic E-state index is 11.8. The molecule has 20 heavy (non-hydrogen) atoms. The molecular weight excluding hydrogens is 254 g/mol. The lowest BCUT2D eigenvalue weighted by Crippen LogP contribution is -2.36. The topological polar surface area (TPSA) is 66.4 Å². The van der Waals surface area contributed by atoms with Gasteiger partial charge < -0.3 is 10.4 Å². The predicted octanol–water partition coefficient (Wildman–Crippen LogP) is 3.35. The zero-order valence-electron chi connectivity index (χ0n) is 12.9. The summed E-state index contributed by atoms with van der Waals surface area (Å²) < 4.78 is 0. The fraction of sp³-hybridized carbons (Fsp3) is 0.875. The van der Waals surface area contributed by atoms with Crippen molar-refractivity contribution in [1.82, 2.24) is 5.32 Å². The lowest BCUT2D eigenvalue weighted by molar-refractivity contribution is -0.137. The van der Waals surface area contributed by atoms with Crippen LogP contribution in [-0.2, 0) is 9.59 Å². The number of unbranched alkanes of at least 4 members (excludes halogenated alkanes) is 1. The highest BCUT2D eigenvalue weighted by Crippen LogP contribution is 2.42. The first-order valence-corrected chi connectivity index (χ1v) is 7.92. The van der Waals surface area contributed by atoms with Gasteiger partial charge in [-0.15, -0.1) is 0 Å².